The molecule has 14 heavy (non-hydrogen) atoms. The number of carboxylic acid groups (broad SMARTS) is 1. The molecule has 0 aromatic heterocycles. The van der Waals surface area contributed by atoms with E-state index in [-0.39, 0.29) is 11.8 Å². The maximum Gasteiger partial charge on any atom is 0.326 e. The lowest BCUT2D eigenvalue weighted by Gasteiger charge is -2.21. The summed E-state index contributed by atoms with van der Waals surface area (Å²) in [5.74, 6) is -0.985. The van der Waals surface area contributed by atoms with Crippen LogP contribution in [0.3, 0.4) is 0 Å². The molecule has 0 aromatic rings. The minimum absolute atomic E-state index is 0.138. The van der Waals surface area contributed by atoms with Gasteiger partial charge in [0.05, 0.1) is 0 Å². The molecule has 1 fully saturated rings. The SMILES string of the molecule is CC(C)(C)C(=O)N[C@H](C(=O)O)C1CC1. The van der Waals surface area contributed by atoms with Crippen molar-refractivity contribution in [2.75, 3.05) is 0 Å². The highest BCUT2D eigenvalue weighted by atomic mass is 16.4. The summed E-state index contributed by atoms with van der Waals surface area (Å²) in [4.78, 5) is 22.4. The Balaban J connectivity index is 2.56. The van der Waals surface area contributed by atoms with Crippen LogP contribution in [0.25, 0.3) is 0 Å². The minimum atomic E-state index is -0.926. The number of hydrogen-bond donors (Lipinski definition) is 2. The molecule has 0 saturated heterocycles. The van der Waals surface area contributed by atoms with E-state index in [1.165, 1.54) is 0 Å². The highest BCUT2D eigenvalue weighted by Gasteiger charge is 2.38. The van der Waals surface area contributed by atoms with Crippen molar-refractivity contribution in [3.63, 3.8) is 0 Å². The molecule has 0 unspecified atom stereocenters. The first-order valence-electron chi connectivity index (χ1n) is 4.86. The summed E-state index contributed by atoms with van der Waals surface area (Å²) in [6.07, 6.45) is 1.81. The molecule has 1 aliphatic carbocycles. The zero-order valence-electron chi connectivity index (χ0n) is 8.83. The van der Waals surface area contributed by atoms with Crippen LogP contribution in [0, 0.1) is 11.3 Å². The van der Waals surface area contributed by atoms with Gasteiger partial charge in [-0.25, -0.2) is 4.79 Å². The van der Waals surface area contributed by atoms with Gasteiger partial charge in [-0.15, -0.1) is 0 Å². The van der Waals surface area contributed by atoms with Gasteiger partial charge in [0.15, 0.2) is 0 Å². The third-order valence-corrected chi connectivity index (χ3v) is 2.33. The van der Waals surface area contributed by atoms with E-state index < -0.39 is 17.4 Å². The number of rotatable bonds is 3. The van der Waals surface area contributed by atoms with Crippen LogP contribution in [0.1, 0.15) is 33.6 Å². The fourth-order valence-corrected chi connectivity index (χ4v) is 1.17. The van der Waals surface area contributed by atoms with Crippen LogP contribution in [0.2, 0.25) is 0 Å². The van der Waals surface area contributed by atoms with Gasteiger partial charge in [-0.2, -0.15) is 0 Å². The molecular formula is C10H17NO3. The summed E-state index contributed by atoms with van der Waals surface area (Å²) in [6, 6.07) is -0.693. The summed E-state index contributed by atoms with van der Waals surface area (Å²) in [7, 11) is 0. The number of carboxylic acids is 1. The summed E-state index contributed by atoms with van der Waals surface area (Å²) < 4.78 is 0. The molecule has 0 radical (unpaired) electrons. The van der Waals surface area contributed by atoms with Gasteiger partial charge < -0.3 is 10.4 Å². The normalized spacial score (nSPS) is 18.8. The van der Waals surface area contributed by atoms with Crippen LogP contribution in [0.5, 0.6) is 0 Å². The maximum absolute atomic E-state index is 11.5. The Morgan fingerprint density at radius 3 is 2.14 bits per heavy atom. The molecule has 80 valence electrons. The van der Waals surface area contributed by atoms with Crippen molar-refractivity contribution < 1.29 is 14.7 Å². The Morgan fingerprint density at radius 2 is 1.86 bits per heavy atom. The number of carbonyl (C=O) groups excluding carboxylic acids is 1. The van der Waals surface area contributed by atoms with E-state index in [2.05, 4.69) is 5.32 Å². The zero-order valence-corrected chi connectivity index (χ0v) is 8.83. The van der Waals surface area contributed by atoms with Crippen molar-refractivity contribution >= 4 is 11.9 Å². The molecule has 0 bridgehead atoms. The van der Waals surface area contributed by atoms with Gasteiger partial charge in [0, 0.05) is 5.41 Å². The zero-order chi connectivity index (χ0) is 10.9. The van der Waals surface area contributed by atoms with Crippen LogP contribution < -0.4 is 5.32 Å². The predicted octanol–water partition coefficient (Wildman–Crippen LogP) is 1.01. The Bertz CT molecular complexity index is 251. The van der Waals surface area contributed by atoms with E-state index >= 15 is 0 Å². The van der Waals surface area contributed by atoms with E-state index in [0.29, 0.717) is 0 Å². The first-order valence-corrected chi connectivity index (χ1v) is 4.86. The Kier molecular flexibility index (Phi) is 2.83. The number of hydrogen-bond acceptors (Lipinski definition) is 2. The van der Waals surface area contributed by atoms with Crippen molar-refractivity contribution in [2.45, 2.75) is 39.7 Å². The summed E-state index contributed by atoms with van der Waals surface area (Å²) in [5.41, 5.74) is -0.525. The van der Waals surface area contributed by atoms with Gasteiger partial charge in [-0.05, 0) is 18.8 Å². The third kappa shape index (κ3) is 2.72. The maximum atomic E-state index is 11.5. The molecule has 1 aliphatic rings. The number of aliphatic carboxylic acids is 1. The number of nitrogens with one attached hydrogen (secondary N) is 1. The molecule has 1 amide bonds. The van der Waals surface area contributed by atoms with Crippen molar-refractivity contribution in [3.8, 4) is 0 Å². The molecule has 0 aliphatic heterocycles. The molecular weight excluding hydrogens is 182 g/mol. The first kappa shape index (κ1) is 11.0. The second kappa shape index (κ2) is 3.59. The number of amides is 1. The van der Waals surface area contributed by atoms with Crippen molar-refractivity contribution in [1.82, 2.24) is 5.32 Å². The number of carbonyl (C=O) groups is 2. The Morgan fingerprint density at radius 1 is 1.36 bits per heavy atom. The lowest BCUT2D eigenvalue weighted by Crippen LogP contribution is -2.46. The molecule has 1 saturated carbocycles. The lowest BCUT2D eigenvalue weighted by molar-refractivity contribution is -0.143. The molecule has 0 aromatic carbocycles. The average Bonchev–Trinajstić information content (AvgIpc) is 2.79. The molecule has 4 nitrogen and oxygen atoms in total. The fourth-order valence-electron chi connectivity index (χ4n) is 1.17. The van der Waals surface area contributed by atoms with Gasteiger partial charge >= 0.3 is 5.97 Å². The Labute approximate surface area is 83.7 Å². The van der Waals surface area contributed by atoms with Gasteiger partial charge in [-0.1, -0.05) is 20.8 Å². The molecule has 2 N–H and O–H groups in total. The second-order valence-corrected chi connectivity index (χ2v) is 4.88. The highest BCUT2D eigenvalue weighted by Crippen LogP contribution is 2.33. The lowest BCUT2D eigenvalue weighted by atomic mass is 9.95. The van der Waals surface area contributed by atoms with E-state index in [4.69, 9.17) is 5.11 Å². The largest absolute Gasteiger partial charge is 0.480 e. The average molecular weight is 199 g/mol. The molecule has 4 heteroatoms. The highest BCUT2D eigenvalue weighted by molar-refractivity contribution is 5.87. The second-order valence-electron chi connectivity index (χ2n) is 4.88. The molecule has 1 rings (SSSR count). The summed E-state index contributed by atoms with van der Waals surface area (Å²) in [6.45, 7) is 5.32. The van der Waals surface area contributed by atoms with Crippen LogP contribution >= 0.6 is 0 Å². The molecule has 1 atom stereocenters. The van der Waals surface area contributed by atoms with Crippen LogP contribution in [-0.4, -0.2) is 23.0 Å². The van der Waals surface area contributed by atoms with Crippen molar-refractivity contribution in [2.24, 2.45) is 11.3 Å². The van der Waals surface area contributed by atoms with E-state index in [1.54, 1.807) is 20.8 Å². The van der Waals surface area contributed by atoms with Gasteiger partial charge in [0.25, 0.3) is 0 Å². The minimum Gasteiger partial charge on any atom is -0.480 e. The van der Waals surface area contributed by atoms with Crippen LogP contribution in [0.15, 0.2) is 0 Å². The summed E-state index contributed by atoms with van der Waals surface area (Å²) in [5, 5.41) is 11.5. The van der Waals surface area contributed by atoms with E-state index in [1.807, 2.05) is 0 Å². The van der Waals surface area contributed by atoms with E-state index in [9.17, 15) is 9.59 Å². The monoisotopic (exact) mass is 199 g/mol. The van der Waals surface area contributed by atoms with Gasteiger partial charge in [0.1, 0.15) is 6.04 Å². The quantitative estimate of drug-likeness (QED) is 0.713. The van der Waals surface area contributed by atoms with Gasteiger partial charge in [0.2, 0.25) is 5.91 Å². The smallest absolute Gasteiger partial charge is 0.326 e. The standard InChI is InChI=1S/C10H17NO3/c1-10(2,3)9(14)11-7(8(12)13)6-4-5-6/h6-7H,4-5H2,1-3H3,(H,11,14)(H,12,13)/t7-/m0/s1. The van der Waals surface area contributed by atoms with Crippen molar-refractivity contribution in [1.29, 1.82) is 0 Å². The fraction of sp³-hybridized carbons (Fsp3) is 0.800. The topological polar surface area (TPSA) is 66.4 Å². The van der Waals surface area contributed by atoms with E-state index in [0.717, 1.165) is 12.8 Å². The van der Waals surface area contributed by atoms with Gasteiger partial charge in [-0.3, -0.25) is 4.79 Å². The Hall–Kier alpha value is -1.06. The first-order chi connectivity index (χ1) is 6.32. The molecule has 0 spiro atoms. The van der Waals surface area contributed by atoms with Crippen molar-refractivity contribution in [3.05, 3.63) is 0 Å². The van der Waals surface area contributed by atoms with Crippen LogP contribution in [0.4, 0.5) is 0 Å². The molecule has 0 heterocycles. The summed E-state index contributed by atoms with van der Waals surface area (Å²) >= 11 is 0. The third-order valence-electron chi connectivity index (χ3n) is 2.33. The van der Waals surface area contributed by atoms with Crippen LogP contribution in [-0.2, 0) is 9.59 Å². The predicted molar refractivity (Wildman–Crippen MR) is 51.7 cm³/mol.